The van der Waals surface area contributed by atoms with Gasteiger partial charge in [0.25, 0.3) is 5.91 Å². The minimum absolute atomic E-state index is 0.106. The molecule has 0 spiro atoms. The second-order valence-electron chi connectivity index (χ2n) is 5.34. The van der Waals surface area contributed by atoms with E-state index in [0.29, 0.717) is 16.5 Å². The van der Waals surface area contributed by atoms with Gasteiger partial charge in [0.1, 0.15) is 5.82 Å². The van der Waals surface area contributed by atoms with E-state index in [2.05, 4.69) is 36.4 Å². The van der Waals surface area contributed by atoms with Crippen molar-refractivity contribution >= 4 is 39.1 Å². The van der Waals surface area contributed by atoms with Gasteiger partial charge in [0.15, 0.2) is 0 Å². The number of hydrogen-bond acceptors (Lipinski definition) is 3. The van der Waals surface area contributed by atoms with Gasteiger partial charge in [-0.3, -0.25) is 9.89 Å². The number of carbonyl (C=O) groups excluding carboxylic acids is 1. The smallest absolute Gasteiger partial charge is 0.295 e. The molecular weight excluding hydrogens is 344 g/mol. The Morgan fingerprint density at radius 2 is 2.10 bits per heavy atom. The van der Waals surface area contributed by atoms with Gasteiger partial charge in [0.2, 0.25) is 5.82 Å². The molecule has 0 aliphatic carbocycles. The quantitative estimate of drug-likeness (QED) is 0.859. The van der Waals surface area contributed by atoms with E-state index in [1.54, 1.807) is 18.2 Å². The van der Waals surface area contributed by atoms with Crippen LogP contribution in [0.5, 0.6) is 0 Å². The summed E-state index contributed by atoms with van der Waals surface area (Å²) in [5, 5.41) is 9.93. The van der Waals surface area contributed by atoms with Crippen LogP contribution in [0.25, 0.3) is 0 Å². The maximum absolute atomic E-state index is 12.0. The number of amides is 1. The fourth-order valence-corrected chi connectivity index (χ4v) is 1.89. The average Bonchev–Trinajstić information content (AvgIpc) is 2.83. The second-order valence-corrected chi connectivity index (χ2v) is 6.60. The highest BCUT2D eigenvalue weighted by Gasteiger charge is 2.21. The molecule has 7 heteroatoms. The minimum Gasteiger partial charge on any atom is -0.319 e. The van der Waals surface area contributed by atoms with Crippen LogP contribution in [0.3, 0.4) is 0 Å². The lowest BCUT2D eigenvalue weighted by Crippen LogP contribution is -2.16. The number of halogens is 2. The predicted octanol–water partition coefficient (Wildman–Crippen LogP) is 3.77. The van der Waals surface area contributed by atoms with E-state index >= 15 is 0 Å². The molecule has 20 heavy (non-hydrogen) atoms. The second kappa shape index (κ2) is 5.54. The number of benzene rings is 1. The predicted molar refractivity (Wildman–Crippen MR) is 82.2 cm³/mol. The number of nitrogens with one attached hydrogen (secondary N) is 2. The van der Waals surface area contributed by atoms with Crippen molar-refractivity contribution in [2.75, 3.05) is 5.32 Å². The van der Waals surface area contributed by atoms with E-state index in [9.17, 15) is 4.79 Å². The third kappa shape index (κ3) is 3.37. The first-order valence-corrected chi connectivity index (χ1v) is 7.14. The van der Waals surface area contributed by atoms with Crippen molar-refractivity contribution in [3.63, 3.8) is 0 Å². The van der Waals surface area contributed by atoms with Crippen LogP contribution in [-0.4, -0.2) is 21.1 Å². The lowest BCUT2D eigenvalue weighted by atomic mass is 9.96. The minimum atomic E-state index is -0.380. The van der Waals surface area contributed by atoms with Gasteiger partial charge in [0.05, 0.1) is 5.02 Å². The zero-order chi connectivity index (χ0) is 14.9. The zero-order valence-electron chi connectivity index (χ0n) is 11.3. The number of nitrogens with zero attached hydrogens (tertiary/aromatic N) is 2. The fourth-order valence-electron chi connectivity index (χ4n) is 1.46. The Balaban J connectivity index is 2.16. The van der Waals surface area contributed by atoms with E-state index in [0.717, 1.165) is 4.47 Å². The Kier molecular flexibility index (Phi) is 4.15. The third-order valence-electron chi connectivity index (χ3n) is 2.58. The average molecular weight is 358 g/mol. The molecule has 1 aromatic heterocycles. The molecule has 0 fully saturated rings. The van der Waals surface area contributed by atoms with Gasteiger partial charge in [-0.05, 0) is 34.1 Å². The summed E-state index contributed by atoms with van der Waals surface area (Å²) in [7, 11) is 0. The lowest BCUT2D eigenvalue weighted by molar-refractivity contribution is 0.101. The molecule has 0 unspecified atom stereocenters. The number of rotatable bonds is 2. The van der Waals surface area contributed by atoms with Gasteiger partial charge in [-0.25, -0.2) is 4.98 Å². The highest BCUT2D eigenvalue weighted by atomic mass is 79.9. The molecule has 2 aromatic rings. The van der Waals surface area contributed by atoms with E-state index in [1.165, 1.54) is 0 Å². The third-order valence-corrected chi connectivity index (χ3v) is 3.81. The Hall–Kier alpha value is -1.40. The maximum atomic E-state index is 12.0. The van der Waals surface area contributed by atoms with Gasteiger partial charge in [-0.15, -0.1) is 5.10 Å². The SMILES string of the molecule is CC(C)(C)c1nc(C(=O)Nc2ccc(Br)c(Cl)c2)n[nH]1. The summed E-state index contributed by atoms with van der Waals surface area (Å²) in [5.41, 5.74) is 0.400. The summed E-state index contributed by atoms with van der Waals surface area (Å²) in [4.78, 5) is 16.2. The number of H-pyrrole nitrogens is 1. The summed E-state index contributed by atoms with van der Waals surface area (Å²) in [6.45, 7) is 5.97. The van der Waals surface area contributed by atoms with Crippen molar-refractivity contribution in [2.24, 2.45) is 0 Å². The molecule has 0 aliphatic rings. The standard InChI is InChI=1S/C13H14BrClN4O/c1-13(2,3)12-17-10(18-19-12)11(20)16-7-4-5-8(14)9(15)6-7/h4-6H,1-3H3,(H,16,20)(H,17,18,19). The van der Waals surface area contributed by atoms with Crippen LogP contribution in [0, 0.1) is 0 Å². The molecule has 1 aromatic carbocycles. The zero-order valence-corrected chi connectivity index (χ0v) is 13.6. The molecule has 1 heterocycles. The molecule has 1 amide bonds. The van der Waals surface area contributed by atoms with Crippen molar-refractivity contribution in [2.45, 2.75) is 26.2 Å². The van der Waals surface area contributed by atoms with E-state index in [1.807, 2.05) is 20.8 Å². The maximum Gasteiger partial charge on any atom is 0.295 e. The lowest BCUT2D eigenvalue weighted by Gasteiger charge is -2.12. The molecule has 0 bridgehead atoms. The molecule has 106 valence electrons. The molecule has 0 aliphatic heterocycles. The van der Waals surface area contributed by atoms with Crippen LogP contribution < -0.4 is 5.32 Å². The summed E-state index contributed by atoms with van der Waals surface area (Å²) in [6, 6.07) is 5.16. The summed E-state index contributed by atoms with van der Waals surface area (Å²) >= 11 is 9.26. The number of anilines is 1. The fraction of sp³-hybridized carbons (Fsp3) is 0.308. The van der Waals surface area contributed by atoms with Crippen molar-refractivity contribution in [3.05, 3.63) is 39.3 Å². The van der Waals surface area contributed by atoms with Crippen LogP contribution in [0.1, 0.15) is 37.2 Å². The van der Waals surface area contributed by atoms with Crippen LogP contribution in [0.2, 0.25) is 5.02 Å². The number of aromatic nitrogens is 3. The molecule has 0 atom stereocenters. The Bertz CT molecular complexity index is 648. The van der Waals surface area contributed by atoms with Crippen molar-refractivity contribution in [1.82, 2.24) is 15.2 Å². The first kappa shape index (κ1) is 15.0. The first-order valence-electron chi connectivity index (χ1n) is 5.96. The number of carbonyl (C=O) groups is 1. The summed E-state index contributed by atoms with van der Waals surface area (Å²) < 4.78 is 0.769. The molecule has 0 radical (unpaired) electrons. The summed E-state index contributed by atoms with van der Waals surface area (Å²) in [6.07, 6.45) is 0. The molecule has 0 saturated carbocycles. The molecular formula is C13H14BrClN4O. The van der Waals surface area contributed by atoms with Crippen LogP contribution in [0.4, 0.5) is 5.69 Å². The van der Waals surface area contributed by atoms with Gasteiger partial charge in [0, 0.05) is 15.6 Å². The van der Waals surface area contributed by atoms with E-state index < -0.39 is 0 Å². The number of hydrogen-bond donors (Lipinski definition) is 2. The van der Waals surface area contributed by atoms with Crippen molar-refractivity contribution in [1.29, 1.82) is 0 Å². The Labute approximate surface area is 130 Å². The van der Waals surface area contributed by atoms with Gasteiger partial charge < -0.3 is 5.32 Å². The van der Waals surface area contributed by atoms with Gasteiger partial charge >= 0.3 is 0 Å². The normalized spacial score (nSPS) is 11.4. The van der Waals surface area contributed by atoms with Crippen LogP contribution >= 0.6 is 27.5 Å². The first-order chi connectivity index (χ1) is 9.27. The van der Waals surface area contributed by atoms with E-state index in [-0.39, 0.29) is 17.1 Å². The van der Waals surface area contributed by atoms with Crippen molar-refractivity contribution < 1.29 is 4.79 Å². The molecule has 2 N–H and O–H groups in total. The van der Waals surface area contributed by atoms with Crippen molar-refractivity contribution in [3.8, 4) is 0 Å². The van der Waals surface area contributed by atoms with Gasteiger partial charge in [-0.1, -0.05) is 32.4 Å². The molecule has 2 rings (SSSR count). The number of aromatic amines is 1. The molecule has 5 nitrogen and oxygen atoms in total. The highest BCUT2D eigenvalue weighted by molar-refractivity contribution is 9.10. The Morgan fingerprint density at radius 1 is 1.40 bits per heavy atom. The Morgan fingerprint density at radius 3 is 2.65 bits per heavy atom. The van der Waals surface area contributed by atoms with Gasteiger partial charge in [-0.2, -0.15) is 0 Å². The largest absolute Gasteiger partial charge is 0.319 e. The topological polar surface area (TPSA) is 70.7 Å². The van der Waals surface area contributed by atoms with E-state index in [4.69, 9.17) is 11.6 Å². The highest BCUT2D eigenvalue weighted by Crippen LogP contribution is 2.25. The monoisotopic (exact) mass is 356 g/mol. The summed E-state index contributed by atoms with van der Waals surface area (Å²) in [5.74, 6) is 0.389. The van der Waals surface area contributed by atoms with Crippen LogP contribution in [0.15, 0.2) is 22.7 Å². The molecule has 0 saturated heterocycles. The van der Waals surface area contributed by atoms with Crippen LogP contribution in [-0.2, 0) is 5.41 Å².